The lowest BCUT2D eigenvalue weighted by molar-refractivity contribution is 0.451. The minimum Gasteiger partial charge on any atom is -0.508 e. The molecule has 1 aromatic carbocycles. The molecule has 190 valence electrons. The Hall–Kier alpha value is -4.58. The van der Waals surface area contributed by atoms with E-state index < -0.39 is 0 Å². The van der Waals surface area contributed by atoms with Crippen molar-refractivity contribution < 1.29 is 10.2 Å². The number of phenols is 2. The van der Waals surface area contributed by atoms with E-state index in [1.54, 1.807) is 12.1 Å². The maximum absolute atomic E-state index is 10.3. The minimum absolute atomic E-state index is 0.0000420. The van der Waals surface area contributed by atoms with E-state index in [1.807, 2.05) is 24.3 Å². The van der Waals surface area contributed by atoms with Crippen LogP contribution in [0.1, 0.15) is 63.3 Å². The van der Waals surface area contributed by atoms with Crippen molar-refractivity contribution in [3.63, 3.8) is 0 Å². The molecule has 0 spiro atoms. The van der Waals surface area contributed by atoms with Crippen LogP contribution in [0.2, 0.25) is 0 Å². The number of hydrogen-bond acceptors (Lipinski definition) is 4. The largest absolute Gasteiger partial charge is 0.508 e. The van der Waals surface area contributed by atoms with Crippen molar-refractivity contribution in [3.05, 3.63) is 83.4 Å². The van der Waals surface area contributed by atoms with E-state index in [1.165, 1.54) is 28.4 Å². The number of benzene rings is 1. The maximum Gasteiger partial charge on any atom is 0.119 e. The molecule has 2 aliphatic heterocycles. The second-order valence-corrected chi connectivity index (χ2v) is 9.88. The molecule has 0 unspecified atom stereocenters. The molecule has 5 heterocycles. The second kappa shape index (κ2) is 9.06. The summed E-state index contributed by atoms with van der Waals surface area (Å²) in [7, 11) is 0. The Bertz CT molecular complexity index is 1710. The molecule has 0 fully saturated rings. The van der Waals surface area contributed by atoms with Gasteiger partial charge in [0.15, 0.2) is 0 Å². The Morgan fingerprint density at radius 3 is 1.53 bits per heavy atom. The van der Waals surface area contributed by atoms with Gasteiger partial charge < -0.3 is 20.2 Å². The quantitative estimate of drug-likeness (QED) is 0.228. The van der Waals surface area contributed by atoms with Gasteiger partial charge in [0.1, 0.15) is 11.5 Å². The van der Waals surface area contributed by atoms with Crippen LogP contribution in [0.3, 0.4) is 0 Å². The fourth-order valence-corrected chi connectivity index (χ4v) is 5.57. The average molecular weight is 503 g/mol. The molecule has 0 saturated carbocycles. The number of rotatable bonds is 3. The SMILES string of the molecule is CCC1=C(C)c2cc3ccc([nH]3)c(-c3cc(O)cc(O)c3)c3ccc(cc4nc(cc1n2)C(CC)=C4C)[nH]3. The van der Waals surface area contributed by atoms with Gasteiger partial charge in [0.05, 0.1) is 22.8 Å². The molecule has 0 radical (unpaired) electrons. The fourth-order valence-electron chi connectivity index (χ4n) is 5.57. The molecule has 0 atom stereocenters. The van der Waals surface area contributed by atoms with Crippen molar-refractivity contribution in [2.45, 2.75) is 40.5 Å². The Kier molecular flexibility index (Phi) is 5.68. The minimum atomic E-state index is 0.0000420. The van der Waals surface area contributed by atoms with Gasteiger partial charge >= 0.3 is 0 Å². The molecule has 0 amide bonds. The summed E-state index contributed by atoms with van der Waals surface area (Å²) in [5, 5.41) is 20.5. The van der Waals surface area contributed by atoms with E-state index in [0.29, 0.717) is 5.56 Å². The van der Waals surface area contributed by atoms with Crippen LogP contribution in [0.25, 0.3) is 55.5 Å². The zero-order valence-electron chi connectivity index (χ0n) is 22.0. The van der Waals surface area contributed by atoms with Crippen molar-refractivity contribution >= 4 is 44.4 Å². The van der Waals surface area contributed by atoms with E-state index in [-0.39, 0.29) is 11.5 Å². The van der Waals surface area contributed by atoms with Crippen LogP contribution >= 0.6 is 0 Å². The van der Waals surface area contributed by atoms with Crippen LogP contribution in [0.15, 0.2) is 60.7 Å². The number of phenolic OH excluding ortho intramolecular Hbond substituents is 2. The Balaban J connectivity index is 1.76. The van der Waals surface area contributed by atoms with Crippen LogP contribution in [0.4, 0.5) is 0 Å². The third kappa shape index (κ3) is 3.98. The number of H-pyrrole nitrogens is 2. The van der Waals surface area contributed by atoms with Crippen molar-refractivity contribution in [3.8, 4) is 22.6 Å². The highest BCUT2D eigenvalue weighted by Gasteiger charge is 2.19. The van der Waals surface area contributed by atoms with Gasteiger partial charge in [0, 0.05) is 33.7 Å². The predicted octanol–water partition coefficient (Wildman–Crippen LogP) is 8.07. The molecule has 3 aromatic heterocycles. The smallest absolute Gasteiger partial charge is 0.119 e. The topological polar surface area (TPSA) is 97.8 Å². The number of nitrogens with one attached hydrogen (secondary N) is 2. The van der Waals surface area contributed by atoms with Gasteiger partial charge in [-0.1, -0.05) is 13.8 Å². The number of aromatic nitrogens is 4. The molecular weight excluding hydrogens is 472 g/mol. The number of hydrogen-bond donors (Lipinski definition) is 4. The molecule has 6 nitrogen and oxygen atoms in total. The van der Waals surface area contributed by atoms with Crippen LogP contribution < -0.4 is 0 Å². The van der Waals surface area contributed by atoms with Crippen LogP contribution in [0.5, 0.6) is 11.5 Å². The molecule has 6 rings (SSSR count). The molecular formula is C32H30N4O2. The first-order valence-electron chi connectivity index (χ1n) is 13.0. The van der Waals surface area contributed by atoms with E-state index in [9.17, 15) is 10.2 Å². The summed E-state index contributed by atoms with van der Waals surface area (Å²) in [4.78, 5) is 17.1. The highest BCUT2D eigenvalue weighted by molar-refractivity contribution is 5.97. The third-order valence-corrected chi connectivity index (χ3v) is 7.49. The van der Waals surface area contributed by atoms with Gasteiger partial charge in [0.2, 0.25) is 0 Å². The normalized spacial score (nSPS) is 13.5. The zero-order valence-corrected chi connectivity index (χ0v) is 22.0. The monoisotopic (exact) mass is 502 g/mol. The lowest BCUT2D eigenvalue weighted by Crippen LogP contribution is -1.85. The van der Waals surface area contributed by atoms with Crippen molar-refractivity contribution in [1.29, 1.82) is 0 Å². The predicted molar refractivity (Wildman–Crippen MR) is 155 cm³/mol. The average Bonchev–Trinajstić information content (AvgIpc) is 3.63. The summed E-state index contributed by atoms with van der Waals surface area (Å²) < 4.78 is 0. The van der Waals surface area contributed by atoms with E-state index in [2.05, 4.69) is 55.9 Å². The number of nitrogens with zero attached hydrogens (tertiary/aromatic N) is 2. The molecule has 4 aromatic rings. The Morgan fingerprint density at radius 2 is 1.08 bits per heavy atom. The Morgan fingerprint density at radius 1 is 0.605 bits per heavy atom. The van der Waals surface area contributed by atoms with Crippen molar-refractivity contribution in [2.24, 2.45) is 0 Å². The highest BCUT2D eigenvalue weighted by atomic mass is 16.3. The lowest BCUT2D eigenvalue weighted by atomic mass is 10.0. The third-order valence-electron chi connectivity index (χ3n) is 7.49. The zero-order chi connectivity index (χ0) is 26.6. The molecule has 38 heavy (non-hydrogen) atoms. The fraction of sp³-hybridized carbons (Fsp3) is 0.188. The van der Waals surface area contributed by atoms with Gasteiger partial charge in [-0.3, -0.25) is 0 Å². The van der Waals surface area contributed by atoms with Gasteiger partial charge in [0.25, 0.3) is 0 Å². The lowest BCUT2D eigenvalue weighted by Gasteiger charge is -2.05. The summed E-state index contributed by atoms with van der Waals surface area (Å²) in [6, 6.07) is 19.0. The van der Waals surface area contributed by atoms with E-state index in [4.69, 9.17) is 9.97 Å². The molecule has 6 heteroatoms. The summed E-state index contributed by atoms with van der Waals surface area (Å²) in [6.07, 6.45) is 1.77. The highest BCUT2D eigenvalue weighted by Crippen LogP contribution is 2.37. The number of fused-ring (bicyclic) bond motifs is 8. The number of allylic oxidation sites excluding steroid dienone is 4. The van der Waals surface area contributed by atoms with Gasteiger partial charge in [-0.15, -0.1) is 0 Å². The maximum atomic E-state index is 10.3. The molecule has 0 aliphatic carbocycles. The summed E-state index contributed by atoms with van der Waals surface area (Å²) in [6.45, 7) is 8.59. The van der Waals surface area contributed by atoms with Gasteiger partial charge in [-0.2, -0.15) is 0 Å². The van der Waals surface area contributed by atoms with Gasteiger partial charge in [-0.25, -0.2) is 9.97 Å². The summed E-state index contributed by atoms with van der Waals surface area (Å²) in [5.41, 5.74) is 13.7. The van der Waals surface area contributed by atoms with E-state index in [0.717, 1.165) is 63.2 Å². The first-order chi connectivity index (χ1) is 18.3. The van der Waals surface area contributed by atoms with Crippen molar-refractivity contribution in [1.82, 2.24) is 19.9 Å². The Labute approximate surface area is 221 Å². The standard InChI is InChI=1S/C32H30N4O2/c1-5-24-17(3)28-13-20-7-9-26(33-20)32(19-11-22(37)15-23(38)12-19)27-10-8-21(34-27)14-29-18(4)25(6-2)31(36-29)16-30(24)35-28/h7-16,33-34,37-38H,5-6H2,1-4H3. The second-order valence-electron chi connectivity index (χ2n) is 9.88. The molecule has 8 bridgehead atoms. The summed E-state index contributed by atoms with van der Waals surface area (Å²) in [5.74, 6) is 0.0000840. The first kappa shape index (κ1) is 23.8. The van der Waals surface area contributed by atoms with Gasteiger partial charge in [-0.05, 0) is 109 Å². The van der Waals surface area contributed by atoms with Crippen LogP contribution in [-0.4, -0.2) is 30.1 Å². The number of aromatic hydroxyl groups is 2. The molecule has 4 N–H and O–H groups in total. The number of aromatic amines is 2. The molecule has 2 aliphatic rings. The first-order valence-corrected chi connectivity index (χ1v) is 13.0. The molecule has 0 saturated heterocycles. The van der Waals surface area contributed by atoms with Crippen LogP contribution in [0, 0.1) is 0 Å². The van der Waals surface area contributed by atoms with E-state index >= 15 is 0 Å². The van der Waals surface area contributed by atoms with Crippen molar-refractivity contribution in [2.75, 3.05) is 0 Å². The summed E-state index contributed by atoms with van der Waals surface area (Å²) >= 11 is 0. The van der Waals surface area contributed by atoms with Crippen LogP contribution in [-0.2, 0) is 0 Å².